The number of halogens is 1. The van der Waals surface area contributed by atoms with Gasteiger partial charge in [-0.1, -0.05) is 17.7 Å². The monoisotopic (exact) mass is 345 g/mol. The number of carbonyl (C=O) groups is 2. The molecule has 1 saturated heterocycles. The Kier molecular flexibility index (Phi) is 4.83. The van der Waals surface area contributed by atoms with Crippen molar-refractivity contribution in [3.63, 3.8) is 0 Å². The number of methoxy groups -OCH3 is 1. The van der Waals surface area contributed by atoms with E-state index < -0.39 is 6.04 Å². The molecule has 2 N–H and O–H groups in total. The molecule has 1 unspecified atom stereocenters. The zero-order valence-electron chi connectivity index (χ0n) is 13.2. The van der Waals surface area contributed by atoms with E-state index in [0.717, 1.165) is 11.3 Å². The summed E-state index contributed by atoms with van der Waals surface area (Å²) in [5, 5.41) is 2.39. The fourth-order valence-electron chi connectivity index (χ4n) is 2.77. The van der Waals surface area contributed by atoms with E-state index in [-0.39, 0.29) is 18.2 Å². The number of anilines is 1. The van der Waals surface area contributed by atoms with Crippen molar-refractivity contribution in [1.82, 2.24) is 0 Å². The fraction of sp³-hybridized carbons (Fsp3) is 0.222. The number of nitrogens with two attached hydrogens (primary N) is 1. The molecule has 124 valence electrons. The number of hydrogen-bond acceptors (Lipinski definition) is 3. The zero-order chi connectivity index (χ0) is 17.1. The first-order valence-corrected chi connectivity index (χ1v) is 8.05. The van der Waals surface area contributed by atoms with Gasteiger partial charge < -0.3 is 10.1 Å². The van der Waals surface area contributed by atoms with Crippen LogP contribution in [0.1, 0.15) is 12.0 Å². The summed E-state index contributed by atoms with van der Waals surface area (Å²) < 4.78 is 5.12. The fourth-order valence-corrected chi connectivity index (χ4v) is 2.95. The molecule has 5 nitrogen and oxygen atoms in total. The number of ether oxygens (including phenoxy) is 1. The predicted molar refractivity (Wildman–Crippen MR) is 91.0 cm³/mol. The molecule has 2 amide bonds. The molecule has 0 aromatic heterocycles. The lowest BCUT2D eigenvalue weighted by Crippen LogP contribution is -2.90. The minimum absolute atomic E-state index is 0.196. The van der Waals surface area contributed by atoms with Gasteiger partial charge in [-0.05, 0) is 42.5 Å². The van der Waals surface area contributed by atoms with Crippen LogP contribution in [0.4, 0.5) is 5.69 Å². The van der Waals surface area contributed by atoms with Crippen LogP contribution in [0.3, 0.4) is 0 Å². The van der Waals surface area contributed by atoms with Gasteiger partial charge in [0.25, 0.3) is 5.91 Å². The van der Waals surface area contributed by atoms with Crippen LogP contribution in [0.25, 0.3) is 0 Å². The van der Waals surface area contributed by atoms with Gasteiger partial charge in [-0.2, -0.15) is 0 Å². The number of nitrogens with zero attached hydrogens (tertiary/aromatic N) is 1. The van der Waals surface area contributed by atoms with Gasteiger partial charge in [-0.25, -0.2) is 4.90 Å². The number of quaternary nitrogens is 1. The summed E-state index contributed by atoms with van der Waals surface area (Å²) in [7, 11) is 1.62. The first-order valence-electron chi connectivity index (χ1n) is 7.67. The van der Waals surface area contributed by atoms with E-state index in [0.29, 0.717) is 17.3 Å². The van der Waals surface area contributed by atoms with Gasteiger partial charge in [0, 0.05) is 10.6 Å². The quantitative estimate of drug-likeness (QED) is 0.840. The Bertz CT molecular complexity index is 761. The Balaban J connectivity index is 1.67. The van der Waals surface area contributed by atoms with Crippen LogP contribution in [0, 0.1) is 0 Å². The number of hydrogen-bond donors (Lipinski definition) is 1. The van der Waals surface area contributed by atoms with E-state index in [1.165, 1.54) is 4.90 Å². The van der Waals surface area contributed by atoms with Crippen molar-refractivity contribution in [3.05, 3.63) is 59.1 Å². The molecule has 0 aliphatic carbocycles. The van der Waals surface area contributed by atoms with Gasteiger partial charge in [-0.3, -0.25) is 9.59 Å². The topological polar surface area (TPSA) is 63.2 Å². The van der Waals surface area contributed by atoms with E-state index in [4.69, 9.17) is 16.3 Å². The maximum atomic E-state index is 12.6. The Morgan fingerprint density at radius 3 is 2.62 bits per heavy atom. The molecule has 0 bridgehead atoms. The zero-order valence-corrected chi connectivity index (χ0v) is 14.0. The molecule has 1 fully saturated rings. The van der Waals surface area contributed by atoms with Gasteiger partial charge in [0.15, 0.2) is 6.04 Å². The number of imide groups is 1. The number of carbonyl (C=O) groups excluding carboxylic acids is 2. The van der Waals surface area contributed by atoms with Gasteiger partial charge in [0.05, 0.1) is 19.2 Å². The molecule has 0 saturated carbocycles. The summed E-state index contributed by atoms with van der Waals surface area (Å²) in [4.78, 5) is 26.0. The van der Waals surface area contributed by atoms with E-state index in [2.05, 4.69) is 0 Å². The third-order valence-electron chi connectivity index (χ3n) is 4.05. The Labute approximate surface area is 145 Å². The lowest BCUT2D eigenvalue weighted by Gasteiger charge is -2.14. The highest BCUT2D eigenvalue weighted by Crippen LogP contribution is 2.24. The van der Waals surface area contributed by atoms with E-state index in [1.54, 1.807) is 31.4 Å². The molecule has 24 heavy (non-hydrogen) atoms. The standard InChI is InChI=1S/C18H17ClN2O3/c1-24-15-7-5-12(6-8-15)11-20-16-10-17(22)21(18(16)23)14-4-2-3-13(19)9-14/h2-9,16,20H,10-11H2,1H3/p+1. The Morgan fingerprint density at radius 1 is 1.21 bits per heavy atom. The van der Waals surface area contributed by atoms with Gasteiger partial charge >= 0.3 is 0 Å². The predicted octanol–water partition coefficient (Wildman–Crippen LogP) is 1.74. The molecule has 1 atom stereocenters. The largest absolute Gasteiger partial charge is 0.497 e. The van der Waals surface area contributed by atoms with Crippen LogP contribution in [-0.4, -0.2) is 25.0 Å². The van der Waals surface area contributed by atoms with Crippen molar-refractivity contribution >= 4 is 29.1 Å². The maximum Gasteiger partial charge on any atom is 0.292 e. The van der Waals surface area contributed by atoms with E-state index >= 15 is 0 Å². The van der Waals surface area contributed by atoms with Crippen LogP contribution in [0.15, 0.2) is 48.5 Å². The van der Waals surface area contributed by atoms with Crippen molar-refractivity contribution in [3.8, 4) is 5.75 Å². The minimum atomic E-state index is -0.404. The van der Waals surface area contributed by atoms with Crippen molar-refractivity contribution < 1.29 is 19.6 Å². The molecule has 6 heteroatoms. The van der Waals surface area contributed by atoms with E-state index in [1.807, 2.05) is 29.6 Å². The molecule has 1 heterocycles. The molecule has 1 aliphatic rings. The normalized spacial score (nSPS) is 17.4. The lowest BCUT2D eigenvalue weighted by molar-refractivity contribution is -0.690. The molecule has 3 rings (SSSR count). The first kappa shape index (κ1) is 16.5. The average Bonchev–Trinajstić information content (AvgIpc) is 2.87. The average molecular weight is 346 g/mol. The highest BCUT2D eigenvalue weighted by Gasteiger charge is 2.42. The molecule has 0 radical (unpaired) electrons. The SMILES string of the molecule is COc1ccc(C[NH2+]C2CC(=O)N(c3cccc(Cl)c3)C2=O)cc1. The molecular weight excluding hydrogens is 328 g/mol. The maximum absolute atomic E-state index is 12.6. The summed E-state index contributed by atoms with van der Waals surface area (Å²) >= 11 is 5.95. The summed E-state index contributed by atoms with van der Waals surface area (Å²) in [5.74, 6) is 0.395. The second-order valence-electron chi connectivity index (χ2n) is 5.65. The Morgan fingerprint density at radius 2 is 1.96 bits per heavy atom. The molecule has 2 aromatic rings. The summed E-state index contributed by atoms with van der Waals surface area (Å²) in [6.45, 7) is 0.622. The van der Waals surface area contributed by atoms with Crippen molar-refractivity contribution in [1.29, 1.82) is 0 Å². The molecular formula is C18H18ClN2O3+. The first-order chi connectivity index (χ1) is 11.6. The van der Waals surface area contributed by atoms with Crippen LogP contribution >= 0.6 is 11.6 Å². The smallest absolute Gasteiger partial charge is 0.292 e. The lowest BCUT2D eigenvalue weighted by atomic mass is 10.2. The van der Waals surface area contributed by atoms with Crippen LogP contribution in [0.2, 0.25) is 5.02 Å². The summed E-state index contributed by atoms with van der Waals surface area (Å²) in [6, 6.07) is 14.0. The highest BCUT2D eigenvalue weighted by molar-refractivity contribution is 6.31. The number of benzene rings is 2. The second-order valence-corrected chi connectivity index (χ2v) is 6.08. The van der Waals surface area contributed by atoms with Crippen molar-refractivity contribution in [2.24, 2.45) is 0 Å². The van der Waals surface area contributed by atoms with Crippen molar-refractivity contribution in [2.45, 2.75) is 19.0 Å². The van der Waals surface area contributed by atoms with Crippen molar-refractivity contribution in [2.75, 3.05) is 12.0 Å². The molecule has 0 spiro atoms. The van der Waals surface area contributed by atoms with Gasteiger partial charge in [0.1, 0.15) is 12.3 Å². The Hall–Kier alpha value is -2.37. The number of amides is 2. The van der Waals surface area contributed by atoms with E-state index in [9.17, 15) is 9.59 Å². The van der Waals surface area contributed by atoms with Crippen LogP contribution < -0.4 is 15.0 Å². The van der Waals surface area contributed by atoms with Gasteiger partial charge in [-0.15, -0.1) is 0 Å². The summed E-state index contributed by atoms with van der Waals surface area (Å²) in [5.41, 5.74) is 1.59. The third-order valence-corrected chi connectivity index (χ3v) is 4.28. The number of rotatable bonds is 5. The highest BCUT2D eigenvalue weighted by atomic mass is 35.5. The van der Waals surface area contributed by atoms with Gasteiger partial charge in [0.2, 0.25) is 5.91 Å². The second kappa shape index (κ2) is 7.03. The minimum Gasteiger partial charge on any atom is -0.497 e. The van der Waals surface area contributed by atoms with Crippen LogP contribution in [-0.2, 0) is 16.1 Å². The third kappa shape index (κ3) is 3.42. The molecule has 2 aromatic carbocycles. The summed E-state index contributed by atoms with van der Waals surface area (Å²) in [6.07, 6.45) is 0.196. The van der Waals surface area contributed by atoms with Crippen LogP contribution in [0.5, 0.6) is 5.75 Å². The molecule has 1 aliphatic heterocycles.